The van der Waals surface area contributed by atoms with E-state index in [0.29, 0.717) is 22.3 Å². The van der Waals surface area contributed by atoms with Gasteiger partial charge in [-0.25, -0.2) is 4.98 Å². The summed E-state index contributed by atoms with van der Waals surface area (Å²) in [6.07, 6.45) is 0. The number of ether oxygens (including phenoxy) is 1. The van der Waals surface area contributed by atoms with Gasteiger partial charge in [0.2, 0.25) is 0 Å². The Morgan fingerprint density at radius 2 is 1.90 bits per heavy atom. The molecule has 2 heterocycles. The van der Waals surface area contributed by atoms with Crippen molar-refractivity contribution in [1.82, 2.24) is 9.88 Å². The van der Waals surface area contributed by atoms with Crippen LogP contribution in [-0.4, -0.2) is 55.2 Å². The van der Waals surface area contributed by atoms with Gasteiger partial charge in [-0.2, -0.15) is 0 Å². The van der Waals surface area contributed by atoms with Crippen molar-refractivity contribution < 1.29 is 9.53 Å². The second-order valence-electron chi connectivity index (χ2n) is 7.55. The summed E-state index contributed by atoms with van der Waals surface area (Å²) < 4.78 is 6.44. The highest BCUT2D eigenvalue weighted by Crippen LogP contribution is 2.32. The molecule has 0 saturated carbocycles. The van der Waals surface area contributed by atoms with Crippen LogP contribution in [0.25, 0.3) is 21.0 Å². The second kappa shape index (κ2) is 8.93. The zero-order valence-corrected chi connectivity index (χ0v) is 18.5. The van der Waals surface area contributed by atoms with E-state index in [-0.39, 0.29) is 5.91 Å². The highest BCUT2D eigenvalue weighted by atomic mass is 35.5. The SMILES string of the molecule is O=C(c1cccc2ccccc12)N(CCN1CCOCC1)c1nc2ccc(Cl)cc2s1. The van der Waals surface area contributed by atoms with Crippen molar-refractivity contribution in [3.63, 3.8) is 0 Å². The molecule has 1 aliphatic heterocycles. The maximum absolute atomic E-state index is 13.8. The summed E-state index contributed by atoms with van der Waals surface area (Å²) in [6.45, 7) is 4.57. The molecule has 5 rings (SSSR count). The van der Waals surface area contributed by atoms with Crippen molar-refractivity contribution >= 4 is 55.0 Å². The molecule has 0 atom stereocenters. The molecule has 1 saturated heterocycles. The number of nitrogens with zero attached hydrogens (tertiary/aromatic N) is 3. The van der Waals surface area contributed by atoms with E-state index in [1.54, 1.807) is 0 Å². The number of halogens is 1. The van der Waals surface area contributed by atoms with E-state index >= 15 is 0 Å². The summed E-state index contributed by atoms with van der Waals surface area (Å²) in [4.78, 5) is 22.7. The lowest BCUT2D eigenvalue weighted by Gasteiger charge is -2.29. The van der Waals surface area contributed by atoms with Gasteiger partial charge < -0.3 is 4.74 Å². The largest absolute Gasteiger partial charge is 0.379 e. The average molecular weight is 452 g/mol. The molecule has 0 N–H and O–H groups in total. The Morgan fingerprint density at radius 3 is 2.77 bits per heavy atom. The van der Waals surface area contributed by atoms with E-state index < -0.39 is 0 Å². The van der Waals surface area contributed by atoms with Crippen LogP contribution in [0, 0.1) is 0 Å². The molecule has 31 heavy (non-hydrogen) atoms. The number of fused-ring (bicyclic) bond motifs is 2. The van der Waals surface area contributed by atoms with Crippen LogP contribution in [0.2, 0.25) is 5.02 Å². The van der Waals surface area contributed by atoms with Crippen LogP contribution in [0.5, 0.6) is 0 Å². The standard InChI is InChI=1S/C24H22ClN3O2S/c25-18-8-9-21-22(16-18)31-24(26-21)28(11-10-27-12-14-30-15-13-27)23(29)20-7-3-5-17-4-1-2-6-19(17)20/h1-9,16H,10-15H2. The quantitative estimate of drug-likeness (QED) is 0.424. The van der Waals surface area contributed by atoms with Gasteiger partial charge in [0.15, 0.2) is 5.13 Å². The van der Waals surface area contributed by atoms with E-state index in [4.69, 9.17) is 21.3 Å². The van der Waals surface area contributed by atoms with E-state index in [9.17, 15) is 4.79 Å². The van der Waals surface area contributed by atoms with Crippen LogP contribution in [0.3, 0.4) is 0 Å². The van der Waals surface area contributed by atoms with E-state index in [0.717, 1.165) is 53.8 Å². The first-order valence-corrected chi connectivity index (χ1v) is 11.5. The normalized spacial score (nSPS) is 14.9. The van der Waals surface area contributed by atoms with E-state index in [2.05, 4.69) is 4.90 Å². The fourth-order valence-electron chi connectivity index (χ4n) is 3.91. The minimum atomic E-state index is -0.0322. The minimum absolute atomic E-state index is 0.0322. The lowest BCUT2D eigenvalue weighted by atomic mass is 10.0. The molecule has 0 radical (unpaired) electrons. The third-order valence-corrected chi connectivity index (χ3v) is 6.86. The molecule has 3 aromatic carbocycles. The molecule has 1 fully saturated rings. The molecule has 1 aliphatic rings. The summed E-state index contributed by atoms with van der Waals surface area (Å²) in [5.74, 6) is -0.0322. The second-order valence-corrected chi connectivity index (χ2v) is 8.99. The van der Waals surface area contributed by atoms with Crippen LogP contribution < -0.4 is 4.90 Å². The zero-order chi connectivity index (χ0) is 21.2. The van der Waals surface area contributed by atoms with Crippen LogP contribution in [0.4, 0.5) is 5.13 Å². The number of morpholine rings is 1. The number of amides is 1. The fraction of sp³-hybridized carbons (Fsp3) is 0.250. The molecule has 0 bridgehead atoms. The highest BCUT2D eigenvalue weighted by molar-refractivity contribution is 7.22. The smallest absolute Gasteiger partial charge is 0.260 e. The number of carbonyl (C=O) groups excluding carboxylic acids is 1. The van der Waals surface area contributed by atoms with Crippen molar-refractivity contribution in [2.24, 2.45) is 0 Å². The Labute approximate surface area is 189 Å². The van der Waals surface area contributed by atoms with Gasteiger partial charge in [0.05, 0.1) is 23.4 Å². The van der Waals surface area contributed by atoms with Gasteiger partial charge in [0, 0.05) is 36.8 Å². The van der Waals surface area contributed by atoms with Gasteiger partial charge in [0.1, 0.15) is 0 Å². The summed E-state index contributed by atoms with van der Waals surface area (Å²) in [5, 5.41) is 3.37. The first kappa shape index (κ1) is 20.4. The first-order chi connectivity index (χ1) is 15.2. The molecule has 0 unspecified atom stereocenters. The molecular formula is C24H22ClN3O2S. The Kier molecular flexibility index (Phi) is 5.87. The summed E-state index contributed by atoms with van der Waals surface area (Å²) in [7, 11) is 0. The monoisotopic (exact) mass is 451 g/mol. The van der Waals surface area contributed by atoms with Gasteiger partial charge in [0.25, 0.3) is 5.91 Å². The first-order valence-electron chi connectivity index (χ1n) is 10.3. The van der Waals surface area contributed by atoms with Gasteiger partial charge in [-0.15, -0.1) is 0 Å². The van der Waals surface area contributed by atoms with E-state index in [1.807, 2.05) is 65.6 Å². The van der Waals surface area contributed by atoms with Crippen molar-refractivity contribution in [2.45, 2.75) is 0 Å². The molecule has 4 aromatic rings. The lowest BCUT2D eigenvalue weighted by Crippen LogP contribution is -2.43. The summed E-state index contributed by atoms with van der Waals surface area (Å²) in [6, 6.07) is 19.5. The predicted molar refractivity (Wildman–Crippen MR) is 128 cm³/mol. The van der Waals surface area contributed by atoms with Gasteiger partial charge in [-0.1, -0.05) is 59.3 Å². The Morgan fingerprint density at radius 1 is 1.10 bits per heavy atom. The lowest BCUT2D eigenvalue weighted by molar-refractivity contribution is 0.0391. The number of benzene rings is 3. The van der Waals surface area contributed by atoms with Crippen molar-refractivity contribution in [1.29, 1.82) is 0 Å². The number of hydrogen-bond acceptors (Lipinski definition) is 5. The Bertz CT molecular complexity index is 1230. The summed E-state index contributed by atoms with van der Waals surface area (Å²) in [5.41, 5.74) is 1.55. The zero-order valence-electron chi connectivity index (χ0n) is 17.0. The number of hydrogen-bond donors (Lipinski definition) is 0. The molecular weight excluding hydrogens is 430 g/mol. The van der Waals surface area contributed by atoms with Crippen LogP contribution in [0.15, 0.2) is 60.7 Å². The summed E-state index contributed by atoms with van der Waals surface area (Å²) >= 11 is 7.67. The predicted octanol–water partition coefficient (Wildman–Crippen LogP) is 5.08. The van der Waals surface area contributed by atoms with Crippen LogP contribution in [0.1, 0.15) is 10.4 Å². The van der Waals surface area contributed by atoms with Crippen molar-refractivity contribution in [2.75, 3.05) is 44.3 Å². The molecule has 158 valence electrons. The molecule has 0 aliphatic carbocycles. The molecule has 1 aromatic heterocycles. The van der Waals surface area contributed by atoms with Gasteiger partial charge in [-0.05, 0) is 35.0 Å². The molecule has 7 heteroatoms. The topological polar surface area (TPSA) is 45.7 Å². The Hall–Kier alpha value is -2.51. The third-order valence-electron chi connectivity index (χ3n) is 5.58. The maximum Gasteiger partial charge on any atom is 0.260 e. The number of thiazole rings is 1. The van der Waals surface area contributed by atoms with E-state index in [1.165, 1.54) is 11.3 Å². The highest BCUT2D eigenvalue weighted by Gasteiger charge is 2.24. The molecule has 1 amide bonds. The number of rotatable bonds is 5. The molecule has 5 nitrogen and oxygen atoms in total. The van der Waals surface area contributed by atoms with Gasteiger partial charge >= 0.3 is 0 Å². The number of anilines is 1. The fourth-order valence-corrected chi connectivity index (χ4v) is 5.18. The van der Waals surface area contributed by atoms with Crippen molar-refractivity contribution in [3.8, 4) is 0 Å². The van der Waals surface area contributed by atoms with Crippen molar-refractivity contribution in [3.05, 3.63) is 71.2 Å². The minimum Gasteiger partial charge on any atom is -0.379 e. The maximum atomic E-state index is 13.8. The van der Waals surface area contributed by atoms with Crippen LogP contribution >= 0.6 is 22.9 Å². The van der Waals surface area contributed by atoms with Gasteiger partial charge in [-0.3, -0.25) is 14.6 Å². The number of carbonyl (C=O) groups is 1. The average Bonchev–Trinajstić information content (AvgIpc) is 3.22. The van der Waals surface area contributed by atoms with Crippen LogP contribution in [-0.2, 0) is 4.74 Å². The third kappa shape index (κ3) is 4.29. The number of aromatic nitrogens is 1. The Balaban J connectivity index is 1.52. The molecule has 0 spiro atoms.